The van der Waals surface area contributed by atoms with Gasteiger partial charge in [-0.25, -0.2) is 4.98 Å². The molecule has 5 aromatic rings. The number of anilines is 1. The highest BCUT2D eigenvalue weighted by Crippen LogP contribution is 2.30. The number of aromatic nitrogens is 3. The molecule has 0 aliphatic rings. The molecule has 2 aromatic carbocycles. The summed E-state index contributed by atoms with van der Waals surface area (Å²) in [6, 6.07) is 15.4. The van der Waals surface area contributed by atoms with Gasteiger partial charge in [0.1, 0.15) is 11.4 Å². The Morgan fingerprint density at radius 2 is 2.07 bits per heavy atom. The maximum atomic E-state index is 12.7. The van der Waals surface area contributed by atoms with Gasteiger partial charge in [0.2, 0.25) is 0 Å². The van der Waals surface area contributed by atoms with Crippen molar-refractivity contribution in [2.24, 2.45) is 0 Å². The Hall–Kier alpha value is -3.45. The molecule has 5 rings (SSSR count). The highest BCUT2D eigenvalue weighted by Gasteiger charge is 2.14. The summed E-state index contributed by atoms with van der Waals surface area (Å²) in [7, 11) is 0. The van der Waals surface area contributed by atoms with E-state index in [1.54, 1.807) is 6.20 Å². The minimum atomic E-state index is -0.232. The number of H-pyrrole nitrogens is 1. The van der Waals surface area contributed by atoms with Crippen molar-refractivity contribution in [1.82, 2.24) is 15.0 Å². The molecule has 6 nitrogen and oxygen atoms in total. The highest BCUT2D eigenvalue weighted by molar-refractivity contribution is 7.22. The fraction of sp³-hybridized carbons (Fsp3) is 0.0952. The first-order chi connectivity index (χ1) is 13.7. The number of carbonyl (C=O) groups excluding carboxylic acids is 1. The highest BCUT2D eigenvalue weighted by atomic mass is 32.1. The minimum absolute atomic E-state index is 0.232. The Balaban J connectivity index is 1.46. The Bertz CT molecular complexity index is 1340. The van der Waals surface area contributed by atoms with Gasteiger partial charge in [0.25, 0.3) is 5.91 Å². The number of thiazole rings is 1. The van der Waals surface area contributed by atoms with Crippen LogP contribution in [0.2, 0.25) is 0 Å². The summed E-state index contributed by atoms with van der Waals surface area (Å²) in [6.45, 7) is 2.55. The number of nitrogens with zero attached hydrogens (tertiary/aromatic N) is 2. The standard InChI is InChI=1S/C21H16N4O2S/c1-2-27-14-7-8-15-17(11-14)28-21(24-15)25-20(26)16-10-13-6-5-12-4-3-9-22-18(12)19(13)23-16/h3-11,23H,2H2,1H3,(H,24,25,26). The van der Waals surface area contributed by atoms with E-state index < -0.39 is 0 Å². The van der Waals surface area contributed by atoms with Gasteiger partial charge in [-0.2, -0.15) is 0 Å². The molecule has 3 heterocycles. The molecule has 28 heavy (non-hydrogen) atoms. The zero-order valence-corrected chi connectivity index (χ0v) is 15.8. The lowest BCUT2D eigenvalue weighted by Crippen LogP contribution is -2.11. The van der Waals surface area contributed by atoms with Crippen LogP contribution in [0, 0.1) is 0 Å². The molecule has 0 atom stereocenters. The van der Waals surface area contributed by atoms with Crippen molar-refractivity contribution in [3.63, 3.8) is 0 Å². The van der Waals surface area contributed by atoms with Crippen LogP contribution in [-0.4, -0.2) is 27.5 Å². The predicted molar refractivity (Wildman–Crippen MR) is 112 cm³/mol. The fourth-order valence-corrected chi connectivity index (χ4v) is 4.13. The lowest BCUT2D eigenvalue weighted by molar-refractivity contribution is 0.102. The van der Waals surface area contributed by atoms with E-state index in [0.717, 1.165) is 37.8 Å². The van der Waals surface area contributed by atoms with Crippen LogP contribution in [0.5, 0.6) is 5.75 Å². The van der Waals surface area contributed by atoms with E-state index in [9.17, 15) is 4.79 Å². The van der Waals surface area contributed by atoms with Gasteiger partial charge in [-0.05, 0) is 37.3 Å². The molecule has 0 saturated carbocycles. The van der Waals surface area contributed by atoms with Gasteiger partial charge in [0.05, 0.1) is 27.9 Å². The molecule has 3 aromatic heterocycles. The maximum Gasteiger partial charge on any atom is 0.273 e. The van der Waals surface area contributed by atoms with Crippen molar-refractivity contribution in [1.29, 1.82) is 0 Å². The summed E-state index contributed by atoms with van der Waals surface area (Å²) in [4.78, 5) is 24.9. The fourth-order valence-electron chi connectivity index (χ4n) is 3.24. The van der Waals surface area contributed by atoms with Crippen LogP contribution in [0.3, 0.4) is 0 Å². The van der Waals surface area contributed by atoms with E-state index in [2.05, 4.69) is 20.3 Å². The molecule has 0 unspecified atom stereocenters. The van der Waals surface area contributed by atoms with Crippen LogP contribution < -0.4 is 10.1 Å². The number of benzene rings is 2. The molecule has 7 heteroatoms. The van der Waals surface area contributed by atoms with E-state index in [4.69, 9.17) is 4.74 Å². The number of pyridine rings is 1. The van der Waals surface area contributed by atoms with E-state index in [1.807, 2.05) is 55.5 Å². The van der Waals surface area contributed by atoms with Gasteiger partial charge in [0.15, 0.2) is 5.13 Å². The van der Waals surface area contributed by atoms with Crippen molar-refractivity contribution in [3.05, 3.63) is 60.4 Å². The van der Waals surface area contributed by atoms with Crippen molar-refractivity contribution in [2.45, 2.75) is 6.92 Å². The summed E-state index contributed by atoms with van der Waals surface area (Å²) in [5.74, 6) is 0.566. The van der Waals surface area contributed by atoms with Crippen LogP contribution >= 0.6 is 11.3 Å². The smallest absolute Gasteiger partial charge is 0.273 e. The first-order valence-corrected chi connectivity index (χ1v) is 9.74. The monoisotopic (exact) mass is 388 g/mol. The SMILES string of the molecule is CCOc1ccc2nc(NC(=O)c3cc4ccc5cccnc5c4[nH]3)sc2c1. The molecule has 0 saturated heterocycles. The van der Waals surface area contributed by atoms with Crippen LogP contribution in [0.1, 0.15) is 17.4 Å². The van der Waals surface area contributed by atoms with Gasteiger partial charge in [-0.1, -0.05) is 29.5 Å². The van der Waals surface area contributed by atoms with Crippen molar-refractivity contribution < 1.29 is 9.53 Å². The number of nitrogens with one attached hydrogen (secondary N) is 2. The summed E-state index contributed by atoms with van der Waals surface area (Å²) < 4.78 is 6.49. The largest absolute Gasteiger partial charge is 0.494 e. The molecular formula is C21H16N4O2S. The Morgan fingerprint density at radius 3 is 2.96 bits per heavy atom. The van der Waals surface area contributed by atoms with E-state index in [-0.39, 0.29) is 5.91 Å². The van der Waals surface area contributed by atoms with Crippen LogP contribution in [-0.2, 0) is 0 Å². The lowest BCUT2D eigenvalue weighted by atomic mass is 10.1. The third-order valence-electron chi connectivity index (χ3n) is 4.50. The van der Waals surface area contributed by atoms with Gasteiger partial charge >= 0.3 is 0 Å². The number of hydrogen-bond acceptors (Lipinski definition) is 5. The van der Waals surface area contributed by atoms with Gasteiger partial charge in [-0.3, -0.25) is 15.1 Å². The summed E-state index contributed by atoms with van der Waals surface area (Å²) >= 11 is 1.42. The topological polar surface area (TPSA) is 79.9 Å². The second-order valence-corrected chi connectivity index (χ2v) is 7.35. The Kier molecular flexibility index (Phi) is 3.95. The second kappa shape index (κ2) is 6.61. The number of hydrogen-bond donors (Lipinski definition) is 2. The van der Waals surface area contributed by atoms with Gasteiger partial charge < -0.3 is 9.72 Å². The summed E-state index contributed by atoms with van der Waals surface area (Å²) in [5.41, 5.74) is 3.01. The number of carbonyl (C=O) groups is 1. The average Bonchev–Trinajstić information content (AvgIpc) is 3.31. The molecule has 0 fully saturated rings. The third-order valence-corrected chi connectivity index (χ3v) is 5.44. The number of fused-ring (bicyclic) bond motifs is 4. The quantitative estimate of drug-likeness (QED) is 0.455. The summed E-state index contributed by atoms with van der Waals surface area (Å²) in [5, 5.41) is 5.41. The normalized spacial score (nSPS) is 11.3. The molecule has 0 radical (unpaired) electrons. The van der Waals surface area contributed by atoms with Crippen LogP contribution in [0.15, 0.2) is 54.7 Å². The molecule has 0 bridgehead atoms. The predicted octanol–water partition coefficient (Wildman–Crippen LogP) is 4.98. The van der Waals surface area contributed by atoms with Gasteiger partial charge in [-0.15, -0.1) is 0 Å². The molecule has 0 aliphatic heterocycles. The van der Waals surface area contributed by atoms with Crippen molar-refractivity contribution in [2.75, 3.05) is 11.9 Å². The first-order valence-electron chi connectivity index (χ1n) is 8.92. The number of amides is 1. The van der Waals surface area contributed by atoms with Crippen molar-refractivity contribution >= 4 is 54.4 Å². The molecule has 0 spiro atoms. The molecule has 1 amide bonds. The van der Waals surface area contributed by atoms with Gasteiger partial charge in [0, 0.05) is 17.0 Å². The average molecular weight is 388 g/mol. The number of rotatable bonds is 4. The second-order valence-electron chi connectivity index (χ2n) is 6.32. The van der Waals surface area contributed by atoms with E-state index >= 15 is 0 Å². The molecular weight excluding hydrogens is 372 g/mol. The zero-order valence-electron chi connectivity index (χ0n) is 15.0. The molecule has 138 valence electrons. The third kappa shape index (κ3) is 2.86. The van der Waals surface area contributed by atoms with E-state index in [1.165, 1.54) is 11.3 Å². The lowest BCUT2D eigenvalue weighted by Gasteiger charge is -2.00. The maximum absolute atomic E-state index is 12.7. The summed E-state index contributed by atoms with van der Waals surface area (Å²) in [6.07, 6.45) is 1.75. The van der Waals surface area contributed by atoms with Crippen molar-refractivity contribution in [3.8, 4) is 5.75 Å². The Morgan fingerprint density at radius 1 is 1.18 bits per heavy atom. The van der Waals surface area contributed by atoms with E-state index in [0.29, 0.717) is 17.4 Å². The number of ether oxygens (including phenoxy) is 1. The van der Waals surface area contributed by atoms with Crippen LogP contribution in [0.25, 0.3) is 32.0 Å². The Labute approximate surface area is 164 Å². The zero-order chi connectivity index (χ0) is 19.1. The number of aromatic amines is 1. The molecule has 2 N–H and O–H groups in total. The van der Waals surface area contributed by atoms with Crippen LogP contribution in [0.4, 0.5) is 5.13 Å². The minimum Gasteiger partial charge on any atom is -0.494 e. The molecule has 0 aliphatic carbocycles. The first kappa shape index (κ1) is 16.7.